The van der Waals surface area contributed by atoms with E-state index in [1.54, 1.807) is 7.05 Å². The number of pyridine rings is 1. The van der Waals surface area contributed by atoms with E-state index in [4.69, 9.17) is 0 Å². The third-order valence-electron chi connectivity index (χ3n) is 4.08. The van der Waals surface area contributed by atoms with E-state index in [1.807, 2.05) is 33.7 Å². The monoisotopic (exact) mass is 288 g/mol. The summed E-state index contributed by atoms with van der Waals surface area (Å²) in [4.78, 5) is 18.8. The van der Waals surface area contributed by atoms with Crippen LogP contribution in [0.15, 0.2) is 24.4 Å². The maximum Gasteiger partial charge on any atom is 0.242 e. The summed E-state index contributed by atoms with van der Waals surface area (Å²) in [6.45, 7) is 0.687. The number of amides is 1. The van der Waals surface area contributed by atoms with Crippen molar-refractivity contribution in [2.24, 2.45) is 0 Å². The Kier molecular flexibility index (Phi) is 3.79. The molecule has 0 aromatic carbocycles. The second-order valence-corrected chi connectivity index (χ2v) is 5.29. The van der Waals surface area contributed by atoms with Crippen molar-refractivity contribution in [1.82, 2.24) is 14.7 Å². The van der Waals surface area contributed by atoms with Gasteiger partial charge in [0.25, 0.3) is 0 Å². The Balaban J connectivity index is 2.06. The van der Waals surface area contributed by atoms with Gasteiger partial charge in [-0.2, -0.15) is 0 Å². The predicted molar refractivity (Wildman–Crippen MR) is 80.2 cm³/mol. The van der Waals surface area contributed by atoms with E-state index in [-0.39, 0.29) is 18.6 Å². The minimum atomic E-state index is -0.209. The molecule has 1 amide bonds. The maximum atomic E-state index is 12.1. The minimum Gasteiger partial charge on any atom is -0.390 e. The van der Waals surface area contributed by atoms with Crippen molar-refractivity contribution in [1.29, 1.82) is 0 Å². The van der Waals surface area contributed by atoms with Crippen molar-refractivity contribution >= 4 is 17.4 Å². The molecule has 1 fully saturated rings. The fourth-order valence-corrected chi connectivity index (χ4v) is 3.04. The molecule has 6 nitrogen and oxygen atoms in total. The summed E-state index contributed by atoms with van der Waals surface area (Å²) >= 11 is 0. The van der Waals surface area contributed by atoms with Gasteiger partial charge in [0.2, 0.25) is 5.91 Å². The Bertz CT molecular complexity index is 652. The van der Waals surface area contributed by atoms with Gasteiger partial charge in [-0.05, 0) is 31.4 Å². The van der Waals surface area contributed by atoms with Gasteiger partial charge in [-0.1, -0.05) is 6.07 Å². The quantitative estimate of drug-likeness (QED) is 0.881. The Morgan fingerprint density at radius 1 is 1.48 bits per heavy atom. The minimum absolute atomic E-state index is 0.00986. The number of aliphatic hydroxyl groups is 1. The number of aromatic nitrogens is 2. The molecule has 2 aromatic heterocycles. The highest BCUT2D eigenvalue weighted by Gasteiger charge is 2.31. The molecular weight excluding hydrogens is 268 g/mol. The molecule has 2 N–H and O–H groups in total. The molecule has 3 rings (SSSR count). The lowest BCUT2D eigenvalue weighted by Crippen LogP contribution is -2.49. The van der Waals surface area contributed by atoms with Crippen LogP contribution < -0.4 is 10.2 Å². The van der Waals surface area contributed by atoms with Gasteiger partial charge in [0, 0.05) is 19.8 Å². The van der Waals surface area contributed by atoms with E-state index in [0.717, 1.165) is 43.0 Å². The molecule has 1 aliphatic heterocycles. The highest BCUT2D eigenvalue weighted by Crippen LogP contribution is 2.28. The number of nitrogens with zero attached hydrogens (tertiary/aromatic N) is 3. The van der Waals surface area contributed by atoms with Gasteiger partial charge in [-0.25, -0.2) is 4.98 Å². The average molecular weight is 288 g/mol. The molecule has 0 bridgehead atoms. The van der Waals surface area contributed by atoms with Crippen LogP contribution in [0.25, 0.3) is 5.65 Å². The number of hydrogen-bond donors (Lipinski definition) is 2. The first-order valence-electron chi connectivity index (χ1n) is 7.31. The lowest BCUT2D eigenvalue weighted by Gasteiger charge is -2.35. The molecule has 0 saturated carbocycles. The van der Waals surface area contributed by atoms with E-state index >= 15 is 0 Å². The summed E-state index contributed by atoms with van der Waals surface area (Å²) in [6, 6.07) is 5.52. The Hall–Kier alpha value is -2.08. The molecule has 6 heteroatoms. The molecule has 112 valence electrons. The summed E-state index contributed by atoms with van der Waals surface area (Å²) in [5.74, 6) is 0.729. The highest BCUT2D eigenvalue weighted by molar-refractivity contribution is 5.85. The molecule has 1 unspecified atom stereocenters. The molecule has 0 aliphatic carbocycles. The van der Waals surface area contributed by atoms with Gasteiger partial charge in [-0.15, -0.1) is 0 Å². The van der Waals surface area contributed by atoms with E-state index in [1.165, 1.54) is 0 Å². The SMILES string of the molecule is CNC(=O)C1CCCCN1c1nc2ccccn2c1CO. The number of carbonyl (C=O) groups excluding carboxylic acids is 1. The van der Waals surface area contributed by atoms with Crippen LogP contribution in [0.3, 0.4) is 0 Å². The number of aliphatic hydroxyl groups excluding tert-OH is 1. The number of anilines is 1. The van der Waals surface area contributed by atoms with Gasteiger partial charge in [0.1, 0.15) is 11.7 Å². The van der Waals surface area contributed by atoms with Gasteiger partial charge in [0.15, 0.2) is 5.82 Å². The van der Waals surface area contributed by atoms with Gasteiger partial charge in [0.05, 0.1) is 12.3 Å². The largest absolute Gasteiger partial charge is 0.390 e. The van der Waals surface area contributed by atoms with Crippen LogP contribution >= 0.6 is 0 Å². The number of piperidine rings is 1. The molecule has 1 aliphatic rings. The van der Waals surface area contributed by atoms with Crippen LogP contribution in [-0.2, 0) is 11.4 Å². The molecule has 21 heavy (non-hydrogen) atoms. The number of nitrogens with one attached hydrogen (secondary N) is 1. The summed E-state index contributed by atoms with van der Waals surface area (Å²) in [7, 11) is 1.66. The Morgan fingerprint density at radius 3 is 3.10 bits per heavy atom. The molecule has 0 radical (unpaired) electrons. The molecular formula is C15H20N4O2. The smallest absolute Gasteiger partial charge is 0.242 e. The van der Waals surface area contributed by atoms with Crippen LogP contribution in [0.5, 0.6) is 0 Å². The number of hydrogen-bond acceptors (Lipinski definition) is 4. The first-order valence-corrected chi connectivity index (χ1v) is 7.31. The van der Waals surface area contributed by atoms with Crippen LogP contribution in [0.1, 0.15) is 25.0 Å². The van der Waals surface area contributed by atoms with E-state index in [0.29, 0.717) is 0 Å². The van der Waals surface area contributed by atoms with Crippen molar-refractivity contribution in [3.8, 4) is 0 Å². The zero-order valence-corrected chi connectivity index (χ0v) is 12.1. The van der Waals surface area contributed by atoms with E-state index in [9.17, 15) is 9.90 Å². The van der Waals surface area contributed by atoms with Gasteiger partial charge < -0.3 is 15.3 Å². The summed E-state index contributed by atoms with van der Waals surface area (Å²) in [5, 5.41) is 12.5. The Labute approximate surface area is 123 Å². The predicted octanol–water partition coefficient (Wildman–Crippen LogP) is 0.931. The van der Waals surface area contributed by atoms with Crippen molar-refractivity contribution in [2.75, 3.05) is 18.5 Å². The summed E-state index contributed by atoms with van der Waals surface area (Å²) in [5.41, 5.74) is 1.53. The lowest BCUT2D eigenvalue weighted by atomic mass is 10.0. The van der Waals surface area contributed by atoms with Crippen molar-refractivity contribution < 1.29 is 9.90 Å². The molecule has 0 spiro atoms. The summed E-state index contributed by atoms with van der Waals surface area (Å²) in [6.07, 6.45) is 4.78. The second-order valence-electron chi connectivity index (χ2n) is 5.29. The average Bonchev–Trinajstić information content (AvgIpc) is 2.92. The molecule has 1 atom stereocenters. The van der Waals surface area contributed by atoms with Crippen LogP contribution in [0.2, 0.25) is 0 Å². The fraction of sp³-hybridized carbons (Fsp3) is 0.467. The number of imidazole rings is 1. The topological polar surface area (TPSA) is 69.9 Å². The molecule has 3 heterocycles. The van der Waals surface area contributed by atoms with E-state index < -0.39 is 0 Å². The fourth-order valence-electron chi connectivity index (χ4n) is 3.04. The Morgan fingerprint density at radius 2 is 2.33 bits per heavy atom. The third kappa shape index (κ3) is 2.35. The van der Waals surface area contributed by atoms with Crippen LogP contribution in [0.4, 0.5) is 5.82 Å². The zero-order valence-electron chi connectivity index (χ0n) is 12.1. The zero-order chi connectivity index (χ0) is 14.8. The van der Waals surface area contributed by atoms with Crippen molar-refractivity contribution in [3.05, 3.63) is 30.1 Å². The van der Waals surface area contributed by atoms with Crippen LogP contribution in [0, 0.1) is 0 Å². The maximum absolute atomic E-state index is 12.1. The highest BCUT2D eigenvalue weighted by atomic mass is 16.3. The third-order valence-corrected chi connectivity index (χ3v) is 4.08. The van der Waals surface area contributed by atoms with Gasteiger partial charge in [-0.3, -0.25) is 9.20 Å². The number of fused-ring (bicyclic) bond motifs is 1. The van der Waals surface area contributed by atoms with Gasteiger partial charge >= 0.3 is 0 Å². The number of carbonyl (C=O) groups is 1. The molecule has 2 aromatic rings. The first kappa shape index (κ1) is 13.9. The van der Waals surface area contributed by atoms with Crippen molar-refractivity contribution in [3.63, 3.8) is 0 Å². The van der Waals surface area contributed by atoms with Crippen molar-refractivity contribution in [2.45, 2.75) is 31.9 Å². The number of likely N-dealkylation sites (N-methyl/N-ethyl adjacent to an activating group) is 1. The standard InChI is InChI=1S/C15H20N4O2/c1-16-15(21)11-6-2-4-9-19(11)14-12(10-20)18-8-5-3-7-13(18)17-14/h3,5,7-8,11,20H,2,4,6,9-10H2,1H3,(H,16,21). The molecule has 1 saturated heterocycles. The normalized spacial score (nSPS) is 19.0. The lowest BCUT2D eigenvalue weighted by molar-refractivity contribution is -0.122. The second kappa shape index (κ2) is 5.73. The van der Waals surface area contributed by atoms with Crippen LogP contribution in [-0.4, -0.2) is 40.0 Å². The first-order chi connectivity index (χ1) is 10.3. The number of rotatable bonds is 3. The summed E-state index contributed by atoms with van der Waals surface area (Å²) < 4.78 is 1.88. The van der Waals surface area contributed by atoms with E-state index in [2.05, 4.69) is 10.3 Å².